The van der Waals surface area contributed by atoms with Crippen LogP contribution in [0, 0.1) is 23.0 Å². The number of carboxylic acid groups (broad SMARTS) is 1. The fraction of sp³-hybridized carbons (Fsp3) is 0.680. The number of nitrogens with two attached hydrogens (primary N) is 1. The summed E-state index contributed by atoms with van der Waals surface area (Å²) in [4.78, 5) is 25.5. The van der Waals surface area contributed by atoms with Crippen LogP contribution in [0.4, 0.5) is 8.78 Å². The van der Waals surface area contributed by atoms with Gasteiger partial charge in [-0.05, 0) is 45.2 Å². The van der Waals surface area contributed by atoms with Crippen LogP contribution in [0.1, 0.15) is 82.8 Å². The SMILES string of the molecule is CCCCCCCCCc1ccc(CN(C)C2CCC(C)(C(=O)O)C2C(N)=O)c(F)c1F. The summed E-state index contributed by atoms with van der Waals surface area (Å²) < 4.78 is 29.4. The summed E-state index contributed by atoms with van der Waals surface area (Å²) in [6, 6.07) is 2.79. The van der Waals surface area contributed by atoms with Crippen LogP contribution < -0.4 is 5.73 Å². The second-order valence-electron chi connectivity index (χ2n) is 9.51. The van der Waals surface area contributed by atoms with Crippen molar-refractivity contribution in [2.75, 3.05) is 7.05 Å². The van der Waals surface area contributed by atoms with E-state index < -0.39 is 40.9 Å². The zero-order valence-electron chi connectivity index (χ0n) is 19.6. The Morgan fingerprint density at radius 1 is 1.09 bits per heavy atom. The average molecular weight is 453 g/mol. The highest BCUT2D eigenvalue weighted by molar-refractivity contribution is 5.87. The summed E-state index contributed by atoms with van der Waals surface area (Å²) >= 11 is 0. The molecular formula is C25H38F2N2O3. The molecule has 1 aromatic rings. The first kappa shape index (κ1) is 26.2. The minimum absolute atomic E-state index is 0.0740. The van der Waals surface area contributed by atoms with E-state index >= 15 is 0 Å². The topological polar surface area (TPSA) is 83.6 Å². The third-order valence-corrected chi connectivity index (χ3v) is 7.10. The molecule has 5 nitrogen and oxygen atoms in total. The quantitative estimate of drug-likeness (QED) is 0.411. The molecule has 3 N–H and O–H groups in total. The lowest BCUT2D eigenvalue weighted by atomic mass is 9.78. The number of carbonyl (C=O) groups is 2. The van der Waals surface area contributed by atoms with E-state index in [2.05, 4.69) is 6.92 Å². The van der Waals surface area contributed by atoms with Crippen molar-refractivity contribution in [3.05, 3.63) is 34.9 Å². The second-order valence-corrected chi connectivity index (χ2v) is 9.51. The number of hydrogen-bond acceptors (Lipinski definition) is 3. The summed E-state index contributed by atoms with van der Waals surface area (Å²) in [5, 5.41) is 9.60. The fourth-order valence-electron chi connectivity index (χ4n) is 5.02. The molecule has 1 aromatic carbocycles. The number of nitrogens with zero attached hydrogens (tertiary/aromatic N) is 1. The van der Waals surface area contributed by atoms with Crippen LogP contribution in [0.5, 0.6) is 0 Å². The number of unbranched alkanes of at least 4 members (excludes halogenated alkanes) is 6. The number of hydrogen-bond donors (Lipinski definition) is 2. The Kier molecular flexibility index (Phi) is 9.62. The number of carbonyl (C=O) groups excluding carboxylic acids is 1. The van der Waals surface area contributed by atoms with Gasteiger partial charge in [0.2, 0.25) is 5.91 Å². The molecule has 0 bridgehead atoms. The van der Waals surface area contributed by atoms with Gasteiger partial charge < -0.3 is 10.8 Å². The first-order valence-corrected chi connectivity index (χ1v) is 11.8. The Morgan fingerprint density at radius 2 is 1.66 bits per heavy atom. The number of aryl methyl sites for hydroxylation is 1. The Morgan fingerprint density at radius 3 is 2.25 bits per heavy atom. The Hall–Kier alpha value is -2.02. The monoisotopic (exact) mass is 452 g/mol. The van der Waals surface area contributed by atoms with E-state index in [-0.39, 0.29) is 12.1 Å². The molecule has 0 heterocycles. The van der Waals surface area contributed by atoms with Crippen LogP contribution >= 0.6 is 0 Å². The summed E-state index contributed by atoms with van der Waals surface area (Å²) in [6.07, 6.45) is 9.08. The number of rotatable bonds is 13. The Labute approximate surface area is 190 Å². The summed E-state index contributed by atoms with van der Waals surface area (Å²) in [7, 11) is 1.69. The van der Waals surface area contributed by atoms with E-state index in [9.17, 15) is 23.5 Å². The zero-order valence-corrected chi connectivity index (χ0v) is 19.6. The maximum Gasteiger partial charge on any atom is 0.310 e. The van der Waals surface area contributed by atoms with Gasteiger partial charge in [-0.15, -0.1) is 0 Å². The first-order valence-electron chi connectivity index (χ1n) is 11.8. The van der Waals surface area contributed by atoms with Crippen molar-refractivity contribution < 1.29 is 23.5 Å². The van der Waals surface area contributed by atoms with Gasteiger partial charge in [0.1, 0.15) is 0 Å². The molecule has 2 rings (SSSR count). The van der Waals surface area contributed by atoms with Crippen LogP contribution in [-0.2, 0) is 22.6 Å². The van der Waals surface area contributed by atoms with Gasteiger partial charge in [0.25, 0.3) is 0 Å². The highest BCUT2D eigenvalue weighted by Gasteiger charge is 2.54. The maximum atomic E-state index is 14.8. The van der Waals surface area contributed by atoms with E-state index in [1.165, 1.54) is 32.6 Å². The average Bonchev–Trinajstić information content (AvgIpc) is 3.11. The molecule has 0 spiro atoms. The van der Waals surface area contributed by atoms with Gasteiger partial charge in [0, 0.05) is 18.2 Å². The smallest absolute Gasteiger partial charge is 0.310 e. The minimum Gasteiger partial charge on any atom is -0.481 e. The fourth-order valence-corrected chi connectivity index (χ4v) is 5.02. The molecule has 7 heteroatoms. The van der Waals surface area contributed by atoms with Crippen molar-refractivity contribution in [3.63, 3.8) is 0 Å². The van der Waals surface area contributed by atoms with Gasteiger partial charge in [-0.2, -0.15) is 0 Å². The Bertz CT molecular complexity index is 802. The molecule has 1 aliphatic carbocycles. The number of benzene rings is 1. The molecule has 3 atom stereocenters. The lowest BCUT2D eigenvalue weighted by molar-refractivity contribution is -0.154. The van der Waals surface area contributed by atoms with Gasteiger partial charge in [-0.1, -0.05) is 57.6 Å². The number of carboxylic acids is 1. The van der Waals surface area contributed by atoms with Gasteiger partial charge in [-0.3, -0.25) is 14.5 Å². The van der Waals surface area contributed by atoms with Crippen molar-refractivity contribution in [2.45, 2.75) is 90.6 Å². The van der Waals surface area contributed by atoms with Gasteiger partial charge in [0.05, 0.1) is 11.3 Å². The molecule has 180 valence electrons. The number of halogens is 2. The van der Waals surface area contributed by atoms with E-state index in [0.29, 0.717) is 24.8 Å². The van der Waals surface area contributed by atoms with Crippen molar-refractivity contribution in [1.29, 1.82) is 0 Å². The molecule has 1 aliphatic rings. The van der Waals surface area contributed by atoms with Crippen molar-refractivity contribution in [2.24, 2.45) is 17.1 Å². The normalized spacial score (nSPS) is 23.1. The highest BCUT2D eigenvalue weighted by atomic mass is 19.2. The summed E-state index contributed by atoms with van der Waals surface area (Å²) in [5.41, 5.74) is 4.86. The molecule has 1 amide bonds. The van der Waals surface area contributed by atoms with Crippen molar-refractivity contribution >= 4 is 11.9 Å². The molecule has 0 saturated heterocycles. The summed E-state index contributed by atoms with van der Waals surface area (Å²) in [5.74, 6) is -4.32. The molecule has 0 aromatic heterocycles. The number of primary amides is 1. The van der Waals surface area contributed by atoms with E-state index in [1.807, 2.05) is 0 Å². The van der Waals surface area contributed by atoms with Crippen molar-refractivity contribution in [1.82, 2.24) is 4.90 Å². The lowest BCUT2D eigenvalue weighted by Crippen LogP contribution is -2.48. The molecule has 3 unspecified atom stereocenters. The molecule has 1 saturated carbocycles. The Balaban J connectivity index is 2.00. The van der Waals surface area contributed by atoms with Crippen LogP contribution in [0.2, 0.25) is 0 Å². The van der Waals surface area contributed by atoms with Gasteiger partial charge in [0.15, 0.2) is 11.6 Å². The predicted molar refractivity (Wildman–Crippen MR) is 121 cm³/mol. The third-order valence-electron chi connectivity index (χ3n) is 7.10. The lowest BCUT2D eigenvalue weighted by Gasteiger charge is -2.33. The highest BCUT2D eigenvalue weighted by Crippen LogP contribution is 2.45. The minimum atomic E-state index is -1.26. The van der Waals surface area contributed by atoms with E-state index in [0.717, 1.165) is 19.3 Å². The van der Waals surface area contributed by atoms with Crippen LogP contribution in [-0.4, -0.2) is 35.0 Å². The zero-order chi connectivity index (χ0) is 23.9. The summed E-state index contributed by atoms with van der Waals surface area (Å²) in [6.45, 7) is 3.78. The largest absolute Gasteiger partial charge is 0.481 e. The molecule has 0 aliphatic heterocycles. The van der Waals surface area contributed by atoms with Crippen molar-refractivity contribution in [3.8, 4) is 0 Å². The predicted octanol–water partition coefficient (Wildman–Crippen LogP) is 5.04. The van der Waals surface area contributed by atoms with Crippen LogP contribution in [0.3, 0.4) is 0 Å². The third kappa shape index (κ3) is 6.06. The number of aliphatic carboxylic acids is 1. The van der Waals surface area contributed by atoms with Gasteiger partial charge in [-0.25, -0.2) is 8.78 Å². The van der Waals surface area contributed by atoms with Gasteiger partial charge >= 0.3 is 5.97 Å². The molecule has 1 fully saturated rings. The van der Waals surface area contributed by atoms with E-state index in [1.54, 1.807) is 24.1 Å². The molecule has 32 heavy (non-hydrogen) atoms. The van der Waals surface area contributed by atoms with E-state index in [4.69, 9.17) is 5.73 Å². The maximum absolute atomic E-state index is 14.8. The van der Waals surface area contributed by atoms with Crippen LogP contribution in [0.15, 0.2) is 12.1 Å². The molecule has 0 radical (unpaired) electrons. The second kappa shape index (κ2) is 11.7. The van der Waals surface area contributed by atoms with Crippen LogP contribution in [0.25, 0.3) is 0 Å². The molecular weight excluding hydrogens is 414 g/mol. The number of amides is 1. The standard InChI is InChI=1S/C25H38F2N2O3/c1-4-5-6-7-8-9-10-11-17-12-13-18(22(27)21(17)26)16-29(3)19-14-15-25(2,24(31)32)20(19)23(28)30/h12-13,19-20H,4-11,14-16H2,1-3H3,(H2,28,30)(H,31,32). The first-order chi connectivity index (χ1) is 15.1.